The number of sulfonamides is 1. The molecule has 0 amide bonds. The van der Waals surface area contributed by atoms with E-state index in [1.54, 1.807) is 30.6 Å². The summed E-state index contributed by atoms with van der Waals surface area (Å²) < 4.78 is 59.4. The molecule has 4 rings (SSSR count). The average Bonchev–Trinajstić information content (AvgIpc) is 3.20. The van der Waals surface area contributed by atoms with E-state index in [1.165, 1.54) is 13.2 Å². The van der Waals surface area contributed by atoms with E-state index in [1.807, 2.05) is 0 Å². The molecule has 0 atom stereocenters. The number of fused-ring (bicyclic) bond motifs is 1. The molecule has 0 saturated heterocycles. The third-order valence-corrected chi connectivity index (χ3v) is 6.59. The first-order valence-corrected chi connectivity index (χ1v) is 11.4. The third kappa shape index (κ3) is 4.48. The highest BCUT2D eigenvalue weighted by Crippen LogP contribution is 2.41. The zero-order chi connectivity index (χ0) is 23.6. The molecule has 3 heterocycles. The van der Waals surface area contributed by atoms with Crippen molar-refractivity contribution in [3.63, 3.8) is 0 Å². The van der Waals surface area contributed by atoms with Gasteiger partial charge < -0.3 is 9.72 Å². The van der Waals surface area contributed by atoms with Crippen molar-refractivity contribution in [3.05, 3.63) is 78.6 Å². The zero-order valence-electron chi connectivity index (χ0n) is 17.6. The number of H-pyrrole nitrogens is 1. The van der Waals surface area contributed by atoms with Crippen LogP contribution in [0, 0.1) is 11.6 Å². The van der Waals surface area contributed by atoms with Crippen LogP contribution in [0.4, 0.5) is 8.78 Å². The van der Waals surface area contributed by atoms with Crippen LogP contribution in [-0.4, -0.2) is 47.9 Å². The van der Waals surface area contributed by atoms with Gasteiger partial charge in [-0.1, -0.05) is 6.58 Å². The van der Waals surface area contributed by atoms with Gasteiger partial charge in [0.2, 0.25) is 10.0 Å². The van der Waals surface area contributed by atoms with Gasteiger partial charge in [-0.25, -0.2) is 17.2 Å². The molecule has 0 aliphatic rings. The largest absolute Gasteiger partial charge is 0.490 e. The van der Waals surface area contributed by atoms with Crippen molar-refractivity contribution < 1.29 is 21.9 Å². The standard InChI is InChI=1S/C23H20F2N4O3S/c1-3-33(30,31)29(2)11-12-32-20-14-26-10-8-16(20)22-21(17-13-15(24)6-7-18(17)25)23-19(28-22)5-4-9-27-23/h3-10,13-14,28H,1,11-12H2,2H3. The second-order valence-corrected chi connectivity index (χ2v) is 9.14. The fraction of sp³-hybridized carbons (Fsp3) is 0.130. The molecule has 4 aromatic rings. The van der Waals surface area contributed by atoms with Crippen LogP contribution in [0.15, 0.2) is 67.0 Å². The molecule has 33 heavy (non-hydrogen) atoms. The van der Waals surface area contributed by atoms with E-state index < -0.39 is 21.7 Å². The fourth-order valence-corrected chi connectivity index (χ4v) is 4.00. The van der Waals surface area contributed by atoms with E-state index >= 15 is 0 Å². The Kier molecular flexibility index (Phi) is 6.21. The lowest BCUT2D eigenvalue weighted by atomic mass is 10.00. The zero-order valence-corrected chi connectivity index (χ0v) is 18.4. The summed E-state index contributed by atoms with van der Waals surface area (Å²) in [6, 6.07) is 8.42. The highest BCUT2D eigenvalue weighted by atomic mass is 32.2. The Hall–Kier alpha value is -3.63. The number of nitrogens with zero attached hydrogens (tertiary/aromatic N) is 3. The van der Waals surface area contributed by atoms with Crippen LogP contribution in [0.1, 0.15) is 0 Å². The minimum Gasteiger partial charge on any atom is -0.490 e. The van der Waals surface area contributed by atoms with Crippen molar-refractivity contribution >= 4 is 21.1 Å². The molecule has 7 nitrogen and oxygen atoms in total. The summed E-state index contributed by atoms with van der Waals surface area (Å²) in [5.41, 5.74) is 2.54. The summed E-state index contributed by atoms with van der Waals surface area (Å²) in [6.45, 7) is 3.40. The Bertz CT molecular complexity index is 1440. The summed E-state index contributed by atoms with van der Waals surface area (Å²) in [7, 11) is -2.16. The minimum atomic E-state index is -3.57. The van der Waals surface area contributed by atoms with E-state index in [2.05, 4.69) is 21.5 Å². The van der Waals surface area contributed by atoms with Gasteiger partial charge in [0.15, 0.2) is 0 Å². The highest BCUT2D eigenvalue weighted by molar-refractivity contribution is 7.91. The van der Waals surface area contributed by atoms with Crippen molar-refractivity contribution in [2.75, 3.05) is 20.2 Å². The van der Waals surface area contributed by atoms with Crippen LogP contribution in [0.5, 0.6) is 5.75 Å². The number of rotatable bonds is 8. The van der Waals surface area contributed by atoms with E-state index in [9.17, 15) is 17.2 Å². The van der Waals surface area contributed by atoms with Crippen LogP contribution in [-0.2, 0) is 10.0 Å². The quantitative estimate of drug-likeness (QED) is 0.414. The predicted octanol–water partition coefficient (Wildman–Crippen LogP) is 4.35. The lowest BCUT2D eigenvalue weighted by Gasteiger charge is -2.16. The molecule has 10 heteroatoms. The number of nitrogens with one attached hydrogen (secondary N) is 1. The molecular formula is C23H20F2N4O3S. The van der Waals surface area contributed by atoms with Gasteiger partial charge in [0.05, 0.1) is 22.9 Å². The molecular weight excluding hydrogens is 450 g/mol. The van der Waals surface area contributed by atoms with Gasteiger partial charge in [0.1, 0.15) is 24.0 Å². The first-order valence-electron chi connectivity index (χ1n) is 9.90. The second-order valence-electron chi connectivity index (χ2n) is 7.15. The molecule has 0 aliphatic carbocycles. The molecule has 0 saturated carbocycles. The van der Waals surface area contributed by atoms with Crippen molar-refractivity contribution in [1.29, 1.82) is 0 Å². The van der Waals surface area contributed by atoms with Gasteiger partial charge in [-0.05, 0) is 36.4 Å². The van der Waals surface area contributed by atoms with Crippen LogP contribution in [0.3, 0.4) is 0 Å². The molecule has 0 radical (unpaired) electrons. The van der Waals surface area contributed by atoms with Crippen LogP contribution in [0.2, 0.25) is 0 Å². The van der Waals surface area contributed by atoms with Crippen molar-refractivity contribution in [1.82, 2.24) is 19.3 Å². The van der Waals surface area contributed by atoms with Crippen molar-refractivity contribution in [2.24, 2.45) is 0 Å². The van der Waals surface area contributed by atoms with Crippen molar-refractivity contribution in [2.45, 2.75) is 0 Å². The molecule has 1 aromatic carbocycles. The lowest BCUT2D eigenvalue weighted by Crippen LogP contribution is -2.29. The van der Waals surface area contributed by atoms with Crippen LogP contribution >= 0.6 is 0 Å². The van der Waals surface area contributed by atoms with E-state index in [0.717, 1.165) is 27.9 Å². The number of halogens is 2. The van der Waals surface area contributed by atoms with E-state index in [0.29, 0.717) is 33.6 Å². The van der Waals surface area contributed by atoms with Gasteiger partial charge in [-0.2, -0.15) is 4.31 Å². The van der Waals surface area contributed by atoms with Crippen molar-refractivity contribution in [3.8, 4) is 28.1 Å². The topological polar surface area (TPSA) is 88.2 Å². The molecule has 0 fully saturated rings. The number of aromatic nitrogens is 3. The molecule has 170 valence electrons. The van der Waals surface area contributed by atoms with Gasteiger partial charge >= 0.3 is 0 Å². The Morgan fingerprint density at radius 1 is 1.18 bits per heavy atom. The maximum Gasteiger partial charge on any atom is 0.235 e. The average molecular weight is 471 g/mol. The van der Waals surface area contributed by atoms with Gasteiger partial charge in [0.25, 0.3) is 0 Å². The molecule has 0 spiro atoms. The number of ether oxygens (including phenoxy) is 1. The van der Waals surface area contributed by atoms with Gasteiger partial charge in [0, 0.05) is 48.1 Å². The first-order chi connectivity index (χ1) is 15.8. The van der Waals surface area contributed by atoms with Crippen LogP contribution < -0.4 is 4.74 Å². The highest BCUT2D eigenvalue weighted by Gasteiger charge is 2.22. The smallest absolute Gasteiger partial charge is 0.235 e. The minimum absolute atomic E-state index is 0.0321. The Morgan fingerprint density at radius 2 is 2.00 bits per heavy atom. The lowest BCUT2D eigenvalue weighted by molar-refractivity contribution is 0.288. The van der Waals surface area contributed by atoms with E-state index in [4.69, 9.17) is 4.74 Å². The number of benzene rings is 1. The molecule has 0 bridgehead atoms. The number of hydrogen-bond acceptors (Lipinski definition) is 5. The molecule has 0 aliphatic heterocycles. The Labute approximate surface area is 189 Å². The SMILES string of the molecule is C=CS(=O)(=O)N(C)CCOc1cnccc1-c1[nH]c2cccnc2c1-c1cc(F)ccc1F. The normalized spacial score (nSPS) is 11.8. The molecule has 3 aromatic heterocycles. The van der Waals surface area contributed by atoms with E-state index in [-0.39, 0.29) is 18.7 Å². The van der Waals surface area contributed by atoms with Crippen LogP contribution in [0.25, 0.3) is 33.4 Å². The number of hydrogen-bond donors (Lipinski definition) is 1. The number of pyridine rings is 2. The summed E-state index contributed by atoms with van der Waals surface area (Å²) >= 11 is 0. The molecule has 1 N–H and O–H groups in total. The second kappa shape index (κ2) is 9.08. The summed E-state index contributed by atoms with van der Waals surface area (Å²) in [5.74, 6) is -0.844. The van der Waals surface area contributed by atoms with Gasteiger partial charge in [-0.15, -0.1) is 0 Å². The summed E-state index contributed by atoms with van der Waals surface area (Å²) in [4.78, 5) is 11.7. The third-order valence-electron chi connectivity index (χ3n) is 5.11. The molecule has 0 unspecified atom stereocenters. The summed E-state index contributed by atoms with van der Waals surface area (Å²) in [5, 5.41) is 0.861. The maximum absolute atomic E-state index is 14.8. The fourth-order valence-electron chi connectivity index (χ4n) is 3.41. The Morgan fingerprint density at radius 3 is 2.79 bits per heavy atom. The predicted molar refractivity (Wildman–Crippen MR) is 122 cm³/mol. The summed E-state index contributed by atoms with van der Waals surface area (Å²) in [6.07, 6.45) is 4.59. The van der Waals surface area contributed by atoms with Gasteiger partial charge in [-0.3, -0.25) is 9.97 Å². The monoisotopic (exact) mass is 470 g/mol. The first kappa shape index (κ1) is 22.6. The number of likely N-dealkylation sites (N-methyl/N-ethyl adjacent to an activating group) is 1. The number of aromatic amines is 1. The Balaban J connectivity index is 1.78. The maximum atomic E-state index is 14.8.